The van der Waals surface area contributed by atoms with Crippen LogP contribution in [0.3, 0.4) is 0 Å². The van der Waals surface area contributed by atoms with Gasteiger partial charge in [0.1, 0.15) is 29.2 Å². The van der Waals surface area contributed by atoms with Crippen LogP contribution < -0.4 is 9.47 Å². The van der Waals surface area contributed by atoms with Crippen molar-refractivity contribution in [3.05, 3.63) is 83.2 Å². The average Bonchev–Trinajstić information content (AvgIpc) is 3.26. The largest absolute Gasteiger partial charge is 0.573 e. The van der Waals surface area contributed by atoms with Crippen LogP contribution in [0.1, 0.15) is 36.0 Å². The lowest BCUT2D eigenvalue weighted by atomic mass is 9.88. The van der Waals surface area contributed by atoms with Crippen molar-refractivity contribution in [1.29, 1.82) is 0 Å². The molecule has 0 amide bonds. The van der Waals surface area contributed by atoms with E-state index in [1.165, 1.54) is 17.8 Å². The van der Waals surface area contributed by atoms with Crippen LogP contribution in [-0.4, -0.2) is 54.5 Å². The van der Waals surface area contributed by atoms with E-state index >= 15 is 4.39 Å². The van der Waals surface area contributed by atoms with Gasteiger partial charge in [-0.25, -0.2) is 4.39 Å². The van der Waals surface area contributed by atoms with Gasteiger partial charge in [0, 0.05) is 41.9 Å². The molecule has 3 aromatic carbocycles. The van der Waals surface area contributed by atoms with E-state index in [0.717, 1.165) is 53.2 Å². The van der Waals surface area contributed by atoms with Gasteiger partial charge in [-0.05, 0) is 84.0 Å². The van der Waals surface area contributed by atoms with Crippen LogP contribution in [0.25, 0.3) is 11.1 Å². The monoisotopic (exact) mass is 577 g/mol. The Hall–Kier alpha value is -3.24. The molecule has 40 heavy (non-hydrogen) atoms. The molecule has 1 fully saturated rings. The molecule has 3 aromatic rings. The number of halogens is 5. The molecule has 4 nitrogen and oxygen atoms in total. The summed E-state index contributed by atoms with van der Waals surface area (Å²) in [5, 5.41) is 10.1. The minimum atomic E-state index is -4.92. The molecule has 1 saturated heterocycles. The molecule has 0 bridgehead atoms. The van der Waals surface area contributed by atoms with Crippen molar-refractivity contribution in [2.75, 3.05) is 32.1 Å². The molecule has 212 valence electrons. The number of phenols is 1. The van der Waals surface area contributed by atoms with E-state index in [-0.39, 0.29) is 24.1 Å². The number of phenolic OH excluding ortho intramolecular Hbond substituents is 1. The van der Waals surface area contributed by atoms with Gasteiger partial charge in [0.15, 0.2) is 0 Å². The predicted molar refractivity (Wildman–Crippen MR) is 145 cm³/mol. The Morgan fingerprint density at radius 3 is 2.45 bits per heavy atom. The van der Waals surface area contributed by atoms with Gasteiger partial charge < -0.3 is 14.6 Å². The van der Waals surface area contributed by atoms with Gasteiger partial charge in [-0.2, -0.15) is 0 Å². The van der Waals surface area contributed by atoms with Crippen LogP contribution >= 0.6 is 11.8 Å². The number of hydrogen-bond acceptors (Lipinski definition) is 5. The number of likely N-dealkylation sites (tertiary alicyclic amines) is 1. The summed E-state index contributed by atoms with van der Waals surface area (Å²) in [6.07, 6.45) is -3.11. The van der Waals surface area contributed by atoms with Crippen LogP contribution in [0.2, 0.25) is 0 Å². The first-order valence-corrected chi connectivity index (χ1v) is 14.0. The SMILES string of the molecule is Oc1ccc2c(c1)SCCC(c1ccc(OC(F)(F)F)cc1F)=C2c1ccc(O[C@H]2CCN(CCCF)C2)cc1. The van der Waals surface area contributed by atoms with Crippen molar-refractivity contribution in [3.63, 3.8) is 0 Å². The molecule has 5 rings (SSSR count). The number of fused-ring (bicyclic) bond motifs is 1. The molecular weight excluding hydrogens is 549 g/mol. The second kappa shape index (κ2) is 12.1. The summed E-state index contributed by atoms with van der Waals surface area (Å²) in [6, 6.07) is 15.6. The molecule has 0 aliphatic carbocycles. The summed E-state index contributed by atoms with van der Waals surface area (Å²) in [7, 11) is 0. The fraction of sp³-hybridized carbons (Fsp3) is 0.333. The molecule has 1 N–H and O–H groups in total. The first kappa shape index (κ1) is 28.3. The molecule has 0 saturated carbocycles. The molecule has 1 atom stereocenters. The highest BCUT2D eigenvalue weighted by atomic mass is 32.2. The number of allylic oxidation sites excluding steroid dienone is 1. The van der Waals surface area contributed by atoms with Gasteiger partial charge in [-0.3, -0.25) is 9.29 Å². The van der Waals surface area contributed by atoms with E-state index in [2.05, 4.69) is 9.64 Å². The van der Waals surface area contributed by atoms with Crippen molar-refractivity contribution in [1.82, 2.24) is 4.90 Å². The van der Waals surface area contributed by atoms with Gasteiger partial charge in [0.2, 0.25) is 0 Å². The van der Waals surface area contributed by atoms with Crippen LogP contribution in [0.4, 0.5) is 22.0 Å². The maximum atomic E-state index is 15.3. The van der Waals surface area contributed by atoms with Gasteiger partial charge in [0.05, 0.1) is 6.67 Å². The summed E-state index contributed by atoms with van der Waals surface area (Å²) in [5.41, 5.74) is 3.13. The number of ether oxygens (including phenoxy) is 2. The Balaban J connectivity index is 1.49. The summed E-state index contributed by atoms with van der Waals surface area (Å²) in [5.74, 6) is -0.0789. The third-order valence-corrected chi connectivity index (χ3v) is 7.99. The lowest BCUT2D eigenvalue weighted by molar-refractivity contribution is -0.274. The number of rotatable bonds is 8. The molecule has 0 unspecified atom stereocenters. The Kier molecular flexibility index (Phi) is 8.56. The smallest absolute Gasteiger partial charge is 0.508 e. The summed E-state index contributed by atoms with van der Waals surface area (Å²) < 4.78 is 75.9. The number of benzene rings is 3. The lowest BCUT2D eigenvalue weighted by Crippen LogP contribution is -2.26. The van der Waals surface area contributed by atoms with Crippen molar-refractivity contribution in [2.45, 2.75) is 36.6 Å². The maximum Gasteiger partial charge on any atom is 0.573 e. The summed E-state index contributed by atoms with van der Waals surface area (Å²) in [6.45, 7) is 1.97. The van der Waals surface area contributed by atoms with Crippen molar-refractivity contribution in [3.8, 4) is 17.2 Å². The van der Waals surface area contributed by atoms with Crippen molar-refractivity contribution < 1.29 is 36.5 Å². The van der Waals surface area contributed by atoms with E-state index in [1.54, 1.807) is 18.2 Å². The van der Waals surface area contributed by atoms with E-state index in [4.69, 9.17) is 4.74 Å². The van der Waals surface area contributed by atoms with Gasteiger partial charge >= 0.3 is 6.36 Å². The van der Waals surface area contributed by atoms with Crippen LogP contribution in [0.5, 0.6) is 17.2 Å². The Morgan fingerprint density at radius 1 is 0.975 bits per heavy atom. The molecule has 0 spiro atoms. The highest BCUT2D eigenvalue weighted by Crippen LogP contribution is 2.45. The number of nitrogens with zero attached hydrogens (tertiary/aromatic N) is 1. The van der Waals surface area contributed by atoms with Crippen LogP contribution in [0, 0.1) is 5.82 Å². The van der Waals surface area contributed by atoms with Gasteiger partial charge in [0.25, 0.3) is 0 Å². The minimum absolute atomic E-state index is 0.00440. The normalized spacial score (nSPS) is 18.0. The minimum Gasteiger partial charge on any atom is -0.508 e. The highest BCUT2D eigenvalue weighted by Gasteiger charge is 2.32. The molecule has 2 heterocycles. The Labute approximate surface area is 233 Å². The maximum absolute atomic E-state index is 15.3. The first-order chi connectivity index (χ1) is 19.2. The zero-order chi connectivity index (χ0) is 28.3. The van der Waals surface area contributed by atoms with E-state index in [0.29, 0.717) is 36.5 Å². The molecule has 10 heteroatoms. The lowest BCUT2D eigenvalue weighted by Gasteiger charge is -2.19. The number of alkyl halides is 4. The first-order valence-electron chi connectivity index (χ1n) is 13.0. The summed E-state index contributed by atoms with van der Waals surface area (Å²) in [4.78, 5) is 3.01. The van der Waals surface area contributed by atoms with Crippen LogP contribution in [-0.2, 0) is 0 Å². The van der Waals surface area contributed by atoms with Gasteiger partial charge in [-0.15, -0.1) is 24.9 Å². The van der Waals surface area contributed by atoms with Crippen molar-refractivity contribution >= 4 is 22.9 Å². The third kappa shape index (κ3) is 6.72. The van der Waals surface area contributed by atoms with Gasteiger partial charge in [-0.1, -0.05) is 12.1 Å². The molecule has 2 aliphatic heterocycles. The molecule has 0 aromatic heterocycles. The quantitative estimate of drug-likeness (QED) is 0.278. The number of hydrogen-bond donors (Lipinski definition) is 1. The second-order valence-electron chi connectivity index (χ2n) is 9.72. The summed E-state index contributed by atoms with van der Waals surface area (Å²) >= 11 is 1.52. The molecule has 0 radical (unpaired) electrons. The van der Waals surface area contributed by atoms with E-state index in [9.17, 15) is 22.7 Å². The number of aromatic hydroxyl groups is 1. The standard InChI is InChI=1S/C30H28F5NO3S/c31-12-1-13-36-14-10-23(18-36)38-21-5-2-19(3-6-21)29-25(11-15-40-28-16-20(37)4-8-26(28)29)24-9-7-22(17-27(24)32)39-30(33,34)35/h2-9,16-17,23,37H,1,10-15,18H2/t23-/m0/s1. The Bertz CT molecular complexity index is 1380. The fourth-order valence-electron chi connectivity index (χ4n) is 5.20. The fourth-order valence-corrected chi connectivity index (χ4v) is 6.25. The molecular formula is C30H28F5NO3S. The highest BCUT2D eigenvalue weighted by molar-refractivity contribution is 7.99. The van der Waals surface area contributed by atoms with Crippen molar-refractivity contribution in [2.24, 2.45) is 0 Å². The van der Waals surface area contributed by atoms with E-state index in [1.807, 2.05) is 24.3 Å². The topological polar surface area (TPSA) is 41.9 Å². The number of thioether (sulfide) groups is 1. The third-order valence-electron chi connectivity index (χ3n) is 6.93. The zero-order valence-corrected chi connectivity index (χ0v) is 22.3. The zero-order valence-electron chi connectivity index (χ0n) is 21.5. The predicted octanol–water partition coefficient (Wildman–Crippen LogP) is 7.70. The van der Waals surface area contributed by atoms with E-state index < -0.39 is 17.9 Å². The van der Waals surface area contributed by atoms with Crippen LogP contribution in [0.15, 0.2) is 65.6 Å². The Morgan fingerprint density at radius 2 is 1.73 bits per heavy atom. The second-order valence-corrected chi connectivity index (χ2v) is 10.9. The molecule has 2 aliphatic rings. The average molecular weight is 578 g/mol.